The SMILES string of the molecule is CCCCOC(=O)c1ccc(NCc2nnnn2-c2ccccc2)cc1. The molecule has 0 radical (unpaired) electrons. The second-order valence-corrected chi connectivity index (χ2v) is 5.76. The fourth-order valence-corrected chi connectivity index (χ4v) is 2.38. The van der Waals surface area contributed by atoms with Crippen LogP contribution in [0.3, 0.4) is 0 Å². The van der Waals surface area contributed by atoms with E-state index in [4.69, 9.17) is 4.74 Å². The van der Waals surface area contributed by atoms with Crippen molar-refractivity contribution in [1.82, 2.24) is 20.2 Å². The van der Waals surface area contributed by atoms with Gasteiger partial charge in [0.1, 0.15) is 0 Å². The molecule has 26 heavy (non-hydrogen) atoms. The molecule has 7 heteroatoms. The first kappa shape index (κ1) is 17.6. The van der Waals surface area contributed by atoms with Crippen molar-refractivity contribution in [1.29, 1.82) is 0 Å². The molecule has 0 aliphatic rings. The van der Waals surface area contributed by atoms with Crippen LogP contribution in [0, 0.1) is 0 Å². The third-order valence-corrected chi connectivity index (χ3v) is 3.84. The Morgan fingerprint density at radius 2 is 1.88 bits per heavy atom. The number of esters is 1. The quantitative estimate of drug-likeness (QED) is 0.496. The molecule has 1 aromatic heterocycles. The molecule has 0 saturated carbocycles. The molecule has 3 aromatic rings. The monoisotopic (exact) mass is 351 g/mol. The van der Waals surface area contributed by atoms with Crippen LogP contribution in [0.5, 0.6) is 0 Å². The first-order valence-electron chi connectivity index (χ1n) is 8.61. The van der Waals surface area contributed by atoms with E-state index in [1.54, 1.807) is 16.8 Å². The van der Waals surface area contributed by atoms with Crippen LogP contribution in [0.1, 0.15) is 35.9 Å². The number of unbranched alkanes of at least 4 members (excludes halogenated alkanes) is 1. The number of para-hydroxylation sites is 1. The van der Waals surface area contributed by atoms with Crippen LogP contribution in [0.15, 0.2) is 54.6 Å². The summed E-state index contributed by atoms with van der Waals surface area (Å²) in [6.07, 6.45) is 1.88. The maximum Gasteiger partial charge on any atom is 0.338 e. The number of rotatable bonds is 8. The standard InChI is InChI=1S/C19H21N5O2/c1-2-3-13-26-19(25)15-9-11-16(12-10-15)20-14-18-21-22-23-24(18)17-7-5-4-6-8-17/h4-12,20H,2-3,13-14H2,1H3. The lowest BCUT2D eigenvalue weighted by atomic mass is 10.2. The van der Waals surface area contributed by atoms with Crippen molar-refractivity contribution < 1.29 is 9.53 Å². The van der Waals surface area contributed by atoms with Crippen LogP contribution < -0.4 is 5.32 Å². The van der Waals surface area contributed by atoms with Crippen molar-refractivity contribution in [2.75, 3.05) is 11.9 Å². The Morgan fingerprint density at radius 3 is 2.62 bits per heavy atom. The van der Waals surface area contributed by atoms with Crippen LogP contribution in [-0.4, -0.2) is 32.8 Å². The van der Waals surface area contributed by atoms with Crippen molar-refractivity contribution >= 4 is 11.7 Å². The number of hydrogen-bond donors (Lipinski definition) is 1. The van der Waals surface area contributed by atoms with Gasteiger partial charge in [0.25, 0.3) is 0 Å². The van der Waals surface area contributed by atoms with Gasteiger partial charge in [0.05, 0.1) is 24.4 Å². The predicted octanol–water partition coefficient (Wildman–Crippen LogP) is 3.23. The first-order chi connectivity index (χ1) is 12.8. The number of anilines is 1. The lowest BCUT2D eigenvalue weighted by Crippen LogP contribution is -2.09. The van der Waals surface area contributed by atoms with Gasteiger partial charge in [-0.25, -0.2) is 4.79 Å². The number of aromatic nitrogens is 4. The third-order valence-electron chi connectivity index (χ3n) is 3.84. The fourth-order valence-electron chi connectivity index (χ4n) is 2.38. The molecule has 1 heterocycles. The zero-order valence-electron chi connectivity index (χ0n) is 14.6. The van der Waals surface area contributed by atoms with E-state index < -0.39 is 0 Å². The van der Waals surface area contributed by atoms with Crippen molar-refractivity contribution in [3.05, 3.63) is 66.0 Å². The van der Waals surface area contributed by atoms with E-state index in [9.17, 15) is 4.79 Å². The second kappa shape index (κ2) is 8.75. The summed E-state index contributed by atoms with van der Waals surface area (Å²) >= 11 is 0. The number of hydrogen-bond acceptors (Lipinski definition) is 6. The minimum atomic E-state index is -0.293. The van der Waals surface area contributed by atoms with Gasteiger partial charge in [-0.3, -0.25) is 0 Å². The van der Waals surface area contributed by atoms with Gasteiger partial charge in [-0.2, -0.15) is 4.68 Å². The largest absolute Gasteiger partial charge is 0.462 e. The zero-order chi connectivity index (χ0) is 18.2. The highest BCUT2D eigenvalue weighted by Gasteiger charge is 2.09. The molecule has 3 rings (SSSR count). The van der Waals surface area contributed by atoms with Gasteiger partial charge >= 0.3 is 5.97 Å². The minimum Gasteiger partial charge on any atom is -0.462 e. The molecule has 0 aliphatic heterocycles. The van der Waals surface area contributed by atoms with Crippen LogP contribution in [-0.2, 0) is 11.3 Å². The van der Waals surface area contributed by atoms with E-state index in [0.29, 0.717) is 24.5 Å². The molecule has 0 unspecified atom stereocenters. The molecule has 0 aliphatic carbocycles. The number of carbonyl (C=O) groups is 1. The van der Waals surface area contributed by atoms with Crippen molar-refractivity contribution in [2.45, 2.75) is 26.3 Å². The smallest absolute Gasteiger partial charge is 0.338 e. The Labute approximate surface area is 152 Å². The number of carbonyl (C=O) groups excluding carboxylic acids is 1. The minimum absolute atomic E-state index is 0.293. The number of tetrazole rings is 1. The fraction of sp³-hybridized carbons (Fsp3) is 0.263. The molecule has 7 nitrogen and oxygen atoms in total. The highest BCUT2D eigenvalue weighted by Crippen LogP contribution is 2.13. The average Bonchev–Trinajstić information content (AvgIpc) is 3.16. The van der Waals surface area contributed by atoms with Gasteiger partial charge in [0.15, 0.2) is 5.82 Å². The highest BCUT2D eigenvalue weighted by atomic mass is 16.5. The summed E-state index contributed by atoms with van der Waals surface area (Å²) in [5.41, 5.74) is 2.32. The third kappa shape index (κ3) is 4.44. The first-order valence-corrected chi connectivity index (χ1v) is 8.61. The van der Waals surface area contributed by atoms with Crippen LogP contribution in [0.2, 0.25) is 0 Å². The molecular formula is C19H21N5O2. The molecule has 134 valence electrons. The summed E-state index contributed by atoms with van der Waals surface area (Å²) < 4.78 is 6.89. The van der Waals surface area contributed by atoms with Crippen LogP contribution in [0.4, 0.5) is 5.69 Å². The summed E-state index contributed by atoms with van der Waals surface area (Å²) in [6.45, 7) is 2.97. The van der Waals surface area contributed by atoms with Gasteiger partial charge in [-0.05, 0) is 53.2 Å². The Balaban J connectivity index is 1.59. The van der Waals surface area contributed by atoms with Gasteiger partial charge in [-0.15, -0.1) is 5.10 Å². The van der Waals surface area contributed by atoms with E-state index in [1.165, 1.54) is 0 Å². The van der Waals surface area contributed by atoms with Gasteiger partial charge in [-0.1, -0.05) is 31.5 Å². The van der Waals surface area contributed by atoms with Crippen LogP contribution >= 0.6 is 0 Å². The number of ether oxygens (including phenoxy) is 1. The molecule has 0 saturated heterocycles. The molecule has 0 fully saturated rings. The molecule has 0 bridgehead atoms. The molecule has 2 aromatic carbocycles. The van der Waals surface area contributed by atoms with Crippen molar-refractivity contribution in [3.63, 3.8) is 0 Å². The molecule has 0 amide bonds. The predicted molar refractivity (Wildman–Crippen MR) is 98.1 cm³/mol. The normalized spacial score (nSPS) is 10.5. The van der Waals surface area contributed by atoms with E-state index in [1.807, 2.05) is 42.5 Å². The topological polar surface area (TPSA) is 81.9 Å². The molecule has 0 spiro atoms. The number of nitrogens with zero attached hydrogens (tertiary/aromatic N) is 4. The summed E-state index contributed by atoms with van der Waals surface area (Å²) in [7, 11) is 0. The lowest BCUT2D eigenvalue weighted by Gasteiger charge is -2.08. The summed E-state index contributed by atoms with van der Waals surface area (Å²) in [6, 6.07) is 16.9. The Morgan fingerprint density at radius 1 is 1.12 bits per heavy atom. The highest BCUT2D eigenvalue weighted by molar-refractivity contribution is 5.89. The maximum absolute atomic E-state index is 11.9. The van der Waals surface area contributed by atoms with Crippen molar-refractivity contribution in [3.8, 4) is 5.69 Å². The Kier molecular flexibility index (Phi) is 5.92. The zero-order valence-corrected chi connectivity index (χ0v) is 14.6. The molecular weight excluding hydrogens is 330 g/mol. The van der Waals surface area contributed by atoms with E-state index >= 15 is 0 Å². The number of nitrogens with one attached hydrogen (secondary N) is 1. The van der Waals surface area contributed by atoms with Crippen LogP contribution in [0.25, 0.3) is 5.69 Å². The summed E-state index contributed by atoms with van der Waals surface area (Å²) in [5, 5.41) is 15.1. The van der Waals surface area contributed by atoms with Crippen molar-refractivity contribution in [2.24, 2.45) is 0 Å². The maximum atomic E-state index is 11.9. The Hall–Kier alpha value is -3.22. The second-order valence-electron chi connectivity index (χ2n) is 5.76. The summed E-state index contributed by atoms with van der Waals surface area (Å²) in [5.74, 6) is 0.400. The van der Waals surface area contributed by atoms with E-state index in [-0.39, 0.29) is 5.97 Å². The summed E-state index contributed by atoms with van der Waals surface area (Å²) in [4.78, 5) is 11.9. The Bertz CT molecular complexity index is 831. The van der Waals surface area contributed by atoms with E-state index in [0.717, 1.165) is 24.2 Å². The van der Waals surface area contributed by atoms with Gasteiger partial charge in [0, 0.05) is 5.69 Å². The average molecular weight is 351 g/mol. The van der Waals surface area contributed by atoms with E-state index in [2.05, 4.69) is 27.8 Å². The van der Waals surface area contributed by atoms with Gasteiger partial charge < -0.3 is 10.1 Å². The van der Waals surface area contributed by atoms with Gasteiger partial charge in [0.2, 0.25) is 0 Å². The lowest BCUT2D eigenvalue weighted by molar-refractivity contribution is 0.0500. The molecule has 1 N–H and O–H groups in total. The number of benzene rings is 2. The molecule has 0 atom stereocenters.